The number of rotatable bonds is 7. The van der Waals surface area contributed by atoms with Crippen molar-refractivity contribution < 1.29 is 0 Å². The quantitative estimate of drug-likeness (QED) is 0.706. The highest BCUT2D eigenvalue weighted by Gasteiger charge is 2.36. The molecule has 0 aromatic carbocycles. The van der Waals surface area contributed by atoms with Gasteiger partial charge < -0.3 is 5.73 Å². The third kappa shape index (κ3) is 3.18. The molecule has 0 aliphatic carbocycles. The second kappa shape index (κ2) is 6.49. The first-order valence-corrected chi connectivity index (χ1v) is 6.48. The molecular formula is C13H30N2. The monoisotopic (exact) mass is 214 g/mol. The molecule has 2 N–H and O–H groups in total. The second-order valence-electron chi connectivity index (χ2n) is 4.79. The van der Waals surface area contributed by atoms with Crippen LogP contribution in [0.5, 0.6) is 0 Å². The molecule has 0 fully saturated rings. The van der Waals surface area contributed by atoms with Crippen molar-refractivity contribution in [3.8, 4) is 0 Å². The minimum Gasteiger partial charge on any atom is -0.326 e. The van der Waals surface area contributed by atoms with Crippen LogP contribution in [0.3, 0.4) is 0 Å². The molecule has 0 radical (unpaired) electrons. The molecule has 0 spiro atoms. The molecular weight excluding hydrogens is 184 g/mol. The molecule has 0 heterocycles. The Morgan fingerprint density at radius 1 is 1.13 bits per heavy atom. The van der Waals surface area contributed by atoms with Crippen molar-refractivity contribution in [1.29, 1.82) is 0 Å². The van der Waals surface area contributed by atoms with Gasteiger partial charge in [0.05, 0.1) is 0 Å². The Labute approximate surface area is 96.2 Å². The normalized spacial score (nSPS) is 20.0. The largest absolute Gasteiger partial charge is 0.326 e. The standard InChI is InChI=1S/C13H30N2/c1-7-11(5)12(14)13(6,8-2)15(9-3)10-4/h11-12H,7-10,14H2,1-6H3. The third-order valence-electron chi connectivity index (χ3n) is 4.18. The van der Waals surface area contributed by atoms with Gasteiger partial charge in [-0.25, -0.2) is 0 Å². The molecule has 15 heavy (non-hydrogen) atoms. The predicted molar refractivity (Wildman–Crippen MR) is 69.0 cm³/mol. The van der Waals surface area contributed by atoms with E-state index in [9.17, 15) is 0 Å². The van der Waals surface area contributed by atoms with Crippen molar-refractivity contribution in [3.05, 3.63) is 0 Å². The lowest BCUT2D eigenvalue weighted by atomic mass is 9.80. The first-order valence-electron chi connectivity index (χ1n) is 6.48. The van der Waals surface area contributed by atoms with Crippen LogP contribution in [0.15, 0.2) is 0 Å². The fraction of sp³-hybridized carbons (Fsp3) is 1.00. The number of likely N-dealkylation sites (N-methyl/N-ethyl adjacent to an activating group) is 1. The van der Waals surface area contributed by atoms with Gasteiger partial charge >= 0.3 is 0 Å². The maximum absolute atomic E-state index is 6.43. The Morgan fingerprint density at radius 2 is 1.60 bits per heavy atom. The average molecular weight is 214 g/mol. The molecule has 0 amide bonds. The fourth-order valence-corrected chi connectivity index (χ4v) is 2.48. The van der Waals surface area contributed by atoms with E-state index in [1.165, 1.54) is 0 Å². The van der Waals surface area contributed by atoms with Crippen LogP contribution in [0.4, 0.5) is 0 Å². The predicted octanol–water partition coefficient (Wildman–Crippen LogP) is 2.87. The summed E-state index contributed by atoms with van der Waals surface area (Å²) in [6, 6.07) is 0.271. The lowest BCUT2D eigenvalue weighted by Crippen LogP contribution is -2.59. The van der Waals surface area contributed by atoms with Crippen LogP contribution in [0, 0.1) is 5.92 Å². The van der Waals surface area contributed by atoms with Crippen molar-refractivity contribution in [3.63, 3.8) is 0 Å². The van der Waals surface area contributed by atoms with E-state index in [0.29, 0.717) is 5.92 Å². The van der Waals surface area contributed by atoms with Gasteiger partial charge in [-0.05, 0) is 32.4 Å². The van der Waals surface area contributed by atoms with Crippen LogP contribution in [-0.2, 0) is 0 Å². The molecule has 2 nitrogen and oxygen atoms in total. The van der Waals surface area contributed by atoms with Gasteiger partial charge in [-0.2, -0.15) is 0 Å². The highest BCUT2D eigenvalue weighted by Crippen LogP contribution is 2.27. The lowest BCUT2D eigenvalue weighted by Gasteiger charge is -2.46. The average Bonchev–Trinajstić information content (AvgIpc) is 2.28. The lowest BCUT2D eigenvalue weighted by molar-refractivity contribution is 0.0645. The number of nitrogens with two attached hydrogens (primary N) is 1. The Bertz CT molecular complexity index is 166. The van der Waals surface area contributed by atoms with Gasteiger partial charge in [0.2, 0.25) is 0 Å². The molecule has 92 valence electrons. The molecule has 0 aromatic heterocycles. The first-order chi connectivity index (χ1) is 6.97. The maximum Gasteiger partial charge on any atom is 0.0332 e. The molecule has 3 unspecified atom stereocenters. The van der Waals surface area contributed by atoms with Crippen molar-refractivity contribution in [2.75, 3.05) is 13.1 Å². The summed E-state index contributed by atoms with van der Waals surface area (Å²) in [7, 11) is 0. The molecule has 0 rings (SSSR count). The summed E-state index contributed by atoms with van der Waals surface area (Å²) in [4.78, 5) is 2.50. The number of nitrogens with zero attached hydrogens (tertiary/aromatic N) is 1. The summed E-state index contributed by atoms with van der Waals surface area (Å²) in [5.74, 6) is 0.593. The maximum atomic E-state index is 6.43. The van der Waals surface area contributed by atoms with Gasteiger partial charge in [0.25, 0.3) is 0 Å². The summed E-state index contributed by atoms with van der Waals surface area (Å²) >= 11 is 0. The van der Waals surface area contributed by atoms with Gasteiger partial charge in [0.15, 0.2) is 0 Å². The van der Waals surface area contributed by atoms with Crippen LogP contribution in [0.1, 0.15) is 54.4 Å². The summed E-state index contributed by atoms with van der Waals surface area (Å²) < 4.78 is 0. The highest BCUT2D eigenvalue weighted by atomic mass is 15.2. The van der Waals surface area contributed by atoms with Crippen molar-refractivity contribution in [2.24, 2.45) is 11.7 Å². The fourth-order valence-electron chi connectivity index (χ4n) is 2.48. The zero-order valence-corrected chi connectivity index (χ0v) is 11.5. The zero-order chi connectivity index (χ0) is 12.1. The smallest absolute Gasteiger partial charge is 0.0332 e. The van der Waals surface area contributed by atoms with E-state index in [1.54, 1.807) is 0 Å². The molecule has 2 heteroatoms. The summed E-state index contributed by atoms with van der Waals surface area (Å²) in [6.07, 6.45) is 2.29. The molecule has 0 bridgehead atoms. The Balaban J connectivity index is 4.80. The first kappa shape index (κ1) is 14.9. The van der Waals surface area contributed by atoms with Crippen LogP contribution in [-0.4, -0.2) is 29.6 Å². The summed E-state index contributed by atoms with van der Waals surface area (Å²) in [5.41, 5.74) is 6.58. The van der Waals surface area contributed by atoms with Gasteiger partial charge in [-0.15, -0.1) is 0 Å². The molecule has 0 saturated carbocycles. The highest BCUT2D eigenvalue weighted by molar-refractivity contribution is 4.96. The minimum absolute atomic E-state index is 0.152. The van der Waals surface area contributed by atoms with E-state index in [4.69, 9.17) is 5.73 Å². The van der Waals surface area contributed by atoms with E-state index in [1.807, 2.05) is 0 Å². The van der Waals surface area contributed by atoms with E-state index in [-0.39, 0.29) is 11.6 Å². The van der Waals surface area contributed by atoms with E-state index in [0.717, 1.165) is 25.9 Å². The topological polar surface area (TPSA) is 29.3 Å². The van der Waals surface area contributed by atoms with Crippen molar-refractivity contribution in [2.45, 2.75) is 66.0 Å². The summed E-state index contributed by atoms with van der Waals surface area (Å²) in [6.45, 7) is 15.7. The molecule has 0 saturated heterocycles. The SMILES string of the molecule is CCC(C)C(N)C(C)(CC)N(CC)CC. The Kier molecular flexibility index (Phi) is 6.46. The molecule has 0 aromatic rings. The van der Waals surface area contributed by atoms with Crippen molar-refractivity contribution in [1.82, 2.24) is 4.90 Å². The van der Waals surface area contributed by atoms with E-state index < -0.39 is 0 Å². The minimum atomic E-state index is 0.152. The van der Waals surface area contributed by atoms with Crippen molar-refractivity contribution >= 4 is 0 Å². The number of hydrogen-bond donors (Lipinski definition) is 1. The Hall–Kier alpha value is -0.0800. The summed E-state index contributed by atoms with van der Waals surface area (Å²) in [5, 5.41) is 0. The third-order valence-corrected chi connectivity index (χ3v) is 4.18. The van der Waals surface area contributed by atoms with E-state index >= 15 is 0 Å². The van der Waals surface area contributed by atoms with Crippen LogP contribution < -0.4 is 5.73 Å². The zero-order valence-electron chi connectivity index (χ0n) is 11.5. The molecule has 0 aliphatic rings. The van der Waals surface area contributed by atoms with Gasteiger partial charge in [-0.3, -0.25) is 4.90 Å². The molecule has 0 aliphatic heterocycles. The van der Waals surface area contributed by atoms with Gasteiger partial charge in [0, 0.05) is 11.6 Å². The van der Waals surface area contributed by atoms with Crippen LogP contribution >= 0.6 is 0 Å². The van der Waals surface area contributed by atoms with E-state index in [2.05, 4.69) is 46.4 Å². The Morgan fingerprint density at radius 3 is 1.87 bits per heavy atom. The van der Waals surface area contributed by atoms with Gasteiger partial charge in [0.1, 0.15) is 0 Å². The number of hydrogen-bond acceptors (Lipinski definition) is 2. The van der Waals surface area contributed by atoms with Crippen LogP contribution in [0.2, 0.25) is 0 Å². The van der Waals surface area contributed by atoms with Gasteiger partial charge in [-0.1, -0.05) is 41.0 Å². The van der Waals surface area contributed by atoms with Crippen LogP contribution in [0.25, 0.3) is 0 Å². The molecule has 3 atom stereocenters. The second-order valence-corrected chi connectivity index (χ2v) is 4.79.